The lowest BCUT2D eigenvalue weighted by Crippen LogP contribution is -2.06. The van der Waals surface area contributed by atoms with Gasteiger partial charge in [0.15, 0.2) is 0 Å². The summed E-state index contributed by atoms with van der Waals surface area (Å²) >= 11 is 0. The fourth-order valence-electron chi connectivity index (χ4n) is 3.24. The Morgan fingerprint density at radius 2 is 1.67 bits per heavy atom. The van der Waals surface area contributed by atoms with E-state index in [9.17, 15) is 4.79 Å². The van der Waals surface area contributed by atoms with Gasteiger partial charge in [-0.1, -0.05) is 42.5 Å². The molecule has 0 radical (unpaired) electrons. The van der Waals surface area contributed by atoms with Crippen LogP contribution in [0.3, 0.4) is 0 Å². The lowest BCUT2D eigenvalue weighted by molar-refractivity contribution is 0.834. The second kappa shape index (κ2) is 5.49. The molecule has 0 aliphatic carbocycles. The standard InChI is InChI=1S/C20H17N3O/c1-13-19(14(2)23(22-13)16-9-4-3-5-10-16)20-17-11-7-6-8-15(17)12-18(24)21-20/h3-12H,1-2H3,(H,21,24). The normalized spacial score (nSPS) is 11.1. The molecule has 2 aromatic carbocycles. The number of rotatable bonds is 2. The van der Waals surface area contributed by atoms with E-state index in [1.807, 2.05) is 73.1 Å². The minimum Gasteiger partial charge on any atom is -0.321 e. The summed E-state index contributed by atoms with van der Waals surface area (Å²) in [5.74, 6) is 0. The van der Waals surface area contributed by atoms with Gasteiger partial charge in [0.05, 0.1) is 22.8 Å². The average Bonchev–Trinajstić information content (AvgIpc) is 2.89. The fraction of sp³-hybridized carbons (Fsp3) is 0.100. The number of nitrogens with zero attached hydrogens (tertiary/aromatic N) is 2. The molecule has 4 heteroatoms. The molecule has 4 nitrogen and oxygen atoms in total. The van der Waals surface area contributed by atoms with Crippen LogP contribution in [0, 0.1) is 13.8 Å². The number of nitrogens with one attached hydrogen (secondary N) is 1. The Morgan fingerprint density at radius 1 is 0.958 bits per heavy atom. The summed E-state index contributed by atoms with van der Waals surface area (Å²) in [5, 5.41) is 6.64. The first-order valence-electron chi connectivity index (χ1n) is 7.89. The summed E-state index contributed by atoms with van der Waals surface area (Å²) in [7, 11) is 0. The molecule has 0 aliphatic rings. The molecule has 24 heavy (non-hydrogen) atoms. The molecular weight excluding hydrogens is 298 g/mol. The number of hydrogen-bond acceptors (Lipinski definition) is 2. The number of aryl methyl sites for hydroxylation is 1. The highest BCUT2D eigenvalue weighted by Gasteiger charge is 2.17. The lowest BCUT2D eigenvalue weighted by atomic mass is 10.0. The minimum atomic E-state index is -0.102. The number of aromatic amines is 1. The maximum absolute atomic E-state index is 12.1. The van der Waals surface area contributed by atoms with Gasteiger partial charge in [-0.15, -0.1) is 0 Å². The second-order valence-corrected chi connectivity index (χ2v) is 5.89. The van der Waals surface area contributed by atoms with E-state index in [1.54, 1.807) is 6.07 Å². The van der Waals surface area contributed by atoms with E-state index in [1.165, 1.54) is 0 Å². The maximum atomic E-state index is 12.1. The van der Waals surface area contributed by atoms with Crippen molar-refractivity contribution in [1.29, 1.82) is 0 Å². The summed E-state index contributed by atoms with van der Waals surface area (Å²) in [6, 6.07) is 19.6. The summed E-state index contributed by atoms with van der Waals surface area (Å²) in [6.45, 7) is 4.00. The molecule has 0 aliphatic heterocycles. The molecule has 118 valence electrons. The van der Waals surface area contributed by atoms with Crippen LogP contribution in [0.25, 0.3) is 27.7 Å². The topological polar surface area (TPSA) is 50.7 Å². The molecule has 4 rings (SSSR count). The van der Waals surface area contributed by atoms with Crippen LogP contribution in [-0.4, -0.2) is 14.8 Å². The minimum absolute atomic E-state index is 0.102. The molecule has 0 amide bonds. The number of hydrogen-bond donors (Lipinski definition) is 1. The van der Waals surface area contributed by atoms with E-state index in [0.29, 0.717) is 0 Å². The van der Waals surface area contributed by atoms with Gasteiger partial charge >= 0.3 is 0 Å². The van der Waals surface area contributed by atoms with Crippen molar-refractivity contribution in [2.24, 2.45) is 0 Å². The summed E-state index contributed by atoms with van der Waals surface area (Å²) in [5.41, 5.74) is 4.61. The van der Waals surface area contributed by atoms with Gasteiger partial charge in [-0.25, -0.2) is 4.68 Å². The van der Waals surface area contributed by atoms with Gasteiger partial charge in [-0.05, 0) is 31.4 Å². The SMILES string of the molecule is Cc1nn(-c2ccccc2)c(C)c1-c1[nH]c(=O)cc2ccccc12. The smallest absolute Gasteiger partial charge is 0.249 e. The molecule has 1 N–H and O–H groups in total. The van der Waals surface area contributed by atoms with Crippen LogP contribution < -0.4 is 5.56 Å². The maximum Gasteiger partial charge on any atom is 0.249 e. The third-order valence-corrected chi connectivity index (χ3v) is 4.31. The quantitative estimate of drug-likeness (QED) is 0.608. The van der Waals surface area contributed by atoms with Gasteiger partial charge in [0.25, 0.3) is 0 Å². The monoisotopic (exact) mass is 315 g/mol. The van der Waals surface area contributed by atoms with Crippen molar-refractivity contribution in [3.8, 4) is 16.9 Å². The number of pyridine rings is 1. The summed E-state index contributed by atoms with van der Waals surface area (Å²) < 4.78 is 1.92. The Kier molecular flexibility index (Phi) is 3.31. The molecule has 0 saturated carbocycles. The van der Waals surface area contributed by atoms with E-state index in [4.69, 9.17) is 0 Å². The largest absolute Gasteiger partial charge is 0.321 e. The van der Waals surface area contributed by atoms with Crippen molar-refractivity contribution >= 4 is 10.8 Å². The first-order valence-corrected chi connectivity index (χ1v) is 7.89. The number of aromatic nitrogens is 3. The molecule has 0 unspecified atom stereocenters. The van der Waals surface area contributed by atoms with Gasteiger partial charge in [-0.2, -0.15) is 5.10 Å². The zero-order valence-electron chi connectivity index (χ0n) is 13.6. The summed E-state index contributed by atoms with van der Waals surface area (Å²) in [4.78, 5) is 15.1. The van der Waals surface area contributed by atoms with Crippen molar-refractivity contribution in [3.05, 3.63) is 82.4 Å². The molecule has 0 atom stereocenters. The third kappa shape index (κ3) is 2.24. The van der Waals surface area contributed by atoms with Crippen molar-refractivity contribution in [2.75, 3.05) is 0 Å². The van der Waals surface area contributed by atoms with Crippen LogP contribution in [0.15, 0.2) is 65.5 Å². The first-order chi connectivity index (χ1) is 11.6. The zero-order valence-corrected chi connectivity index (χ0v) is 13.6. The van der Waals surface area contributed by atoms with Gasteiger partial charge in [0, 0.05) is 17.0 Å². The molecule has 0 saturated heterocycles. The van der Waals surface area contributed by atoms with E-state index >= 15 is 0 Å². The third-order valence-electron chi connectivity index (χ3n) is 4.31. The Morgan fingerprint density at radius 3 is 2.46 bits per heavy atom. The Labute approximate surface area is 139 Å². The molecular formula is C20H17N3O. The summed E-state index contributed by atoms with van der Waals surface area (Å²) in [6.07, 6.45) is 0. The second-order valence-electron chi connectivity index (χ2n) is 5.89. The van der Waals surface area contributed by atoms with Crippen molar-refractivity contribution in [1.82, 2.24) is 14.8 Å². The van der Waals surface area contributed by atoms with Gasteiger partial charge in [-0.3, -0.25) is 4.79 Å². The molecule has 0 spiro atoms. The predicted octanol–water partition coefficient (Wildman–Crippen LogP) is 4.00. The number of fused-ring (bicyclic) bond motifs is 1. The Bertz CT molecular complexity index is 1090. The van der Waals surface area contributed by atoms with Crippen LogP contribution >= 0.6 is 0 Å². The highest BCUT2D eigenvalue weighted by molar-refractivity contribution is 5.95. The first kappa shape index (κ1) is 14.5. The van der Waals surface area contributed by atoms with Crippen LogP contribution in [0.4, 0.5) is 0 Å². The highest BCUT2D eigenvalue weighted by Crippen LogP contribution is 2.31. The van der Waals surface area contributed by atoms with Crippen LogP contribution in [0.5, 0.6) is 0 Å². The van der Waals surface area contributed by atoms with Gasteiger partial charge in [0.2, 0.25) is 5.56 Å². The lowest BCUT2D eigenvalue weighted by Gasteiger charge is -2.08. The van der Waals surface area contributed by atoms with Crippen LogP contribution in [0.1, 0.15) is 11.4 Å². The van der Waals surface area contributed by atoms with E-state index in [0.717, 1.165) is 39.1 Å². The number of para-hydroxylation sites is 1. The molecule has 0 fully saturated rings. The van der Waals surface area contributed by atoms with E-state index in [-0.39, 0.29) is 5.56 Å². The number of benzene rings is 2. The van der Waals surface area contributed by atoms with E-state index in [2.05, 4.69) is 10.1 Å². The highest BCUT2D eigenvalue weighted by atomic mass is 16.1. The Hall–Kier alpha value is -3.14. The van der Waals surface area contributed by atoms with Crippen molar-refractivity contribution < 1.29 is 0 Å². The zero-order chi connectivity index (χ0) is 16.7. The molecule has 4 aromatic rings. The van der Waals surface area contributed by atoms with Gasteiger partial charge in [0.1, 0.15) is 0 Å². The Balaban J connectivity index is 2.02. The number of H-pyrrole nitrogens is 1. The van der Waals surface area contributed by atoms with Crippen molar-refractivity contribution in [3.63, 3.8) is 0 Å². The van der Waals surface area contributed by atoms with Gasteiger partial charge < -0.3 is 4.98 Å². The van der Waals surface area contributed by atoms with Crippen LogP contribution in [0.2, 0.25) is 0 Å². The molecule has 2 heterocycles. The van der Waals surface area contributed by atoms with E-state index < -0.39 is 0 Å². The average molecular weight is 315 g/mol. The molecule has 0 bridgehead atoms. The van der Waals surface area contributed by atoms with Crippen molar-refractivity contribution in [2.45, 2.75) is 13.8 Å². The fourth-order valence-corrected chi connectivity index (χ4v) is 3.24. The molecule has 2 aromatic heterocycles. The van der Waals surface area contributed by atoms with Crippen LogP contribution in [-0.2, 0) is 0 Å². The predicted molar refractivity (Wildman–Crippen MR) is 96.6 cm³/mol.